The summed E-state index contributed by atoms with van der Waals surface area (Å²) >= 11 is 0. The lowest BCUT2D eigenvalue weighted by molar-refractivity contribution is 0.526. The van der Waals surface area contributed by atoms with Crippen LogP contribution in [-0.2, 0) is 10.2 Å². The van der Waals surface area contributed by atoms with Crippen LogP contribution in [0.1, 0.15) is 16.7 Å². The van der Waals surface area contributed by atoms with Gasteiger partial charge >= 0.3 is 10.2 Å². The number of rotatable bonds is 5. The van der Waals surface area contributed by atoms with Crippen LogP contribution >= 0.6 is 0 Å². The predicted octanol–water partition coefficient (Wildman–Crippen LogP) is 2.36. The highest BCUT2D eigenvalue weighted by atomic mass is 32.2. The first kappa shape index (κ1) is 17.2. The Morgan fingerprint density at radius 3 is 1.96 bits per heavy atom. The van der Waals surface area contributed by atoms with Gasteiger partial charge in [-0.1, -0.05) is 17.7 Å². The second-order valence-corrected chi connectivity index (χ2v) is 7.48. The van der Waals surface area contributed by atoms with E-state index in [0.29, 0.717) is 5.82 Å². The molecule has 0 aliphatic carbocycles. The van der Waals surface area contributed by atoms with Crippen molar-refractivity contribution < 1.29 is 8.42 Å². The van der Waals surface area contributed by atoms with Gasteiger partial charge in [-0.05, 0) is 44.0 Å². The van der Waals surface area contributed by atoms with Crippen LogP contribution in [0.4, 0.5) is 17.3 Å². The van der Waals surface area contributed by atoms with Crippen LogP contribution < -0.4 is 10.0 Å². The molecule has 0 aliphatic rings. The summed E-state index contributed by atoms with van der Waals surface area (Å²) in [4.78, 5) is 0. The second-order valence-electron chi connectivity index (χ2n) is 5.59. The number of hydrogen-bond donors (Lipinski definition) is 2. The highest BCUT2D eigenvalue weighted by Crippen LogP contribution is 2.25. The molecular weight excluding hydrogens is 314 g/mol. The highest BCUT2D eigenvalue weighted by molar-refractivity contribution is 7.90. The Kier molecular flexibility index (Phi) is 4.86. The third-order valence-electron chi connectivity index (χ3n) is 3.31. The molecule has 2 aromatic rings. The Hall–Kier alpha value is -2.19. The first-order chi connectivity index (χ1) is 10.7. The van der Waals surface area contributed by atoms with E-state index in [2.05, 4.69) is 39.3 Å². The van der Waals surface area contributed by atoms with Gasteiger partial charge in [-0.15, -0.1) is 10.2 Å². The minimum Gasteiger partial charge on any atom is -0.338 e. The monoisotopic (exact) mass is 335 g/mol. The number of nitrogens with zero attached hydrogens (tertiary/aromatic N) is 3. The Morgan fingerprint density at radius 2 is 1.48 bits per heavy atom. The quantitative estimate of drug-likeness (QED) is 0.876. The van der Waals surface area contributed by atoms with Crippen LogP contribution in [-0.4, -0.2) is 37.0 Å². The summed E-state index contributed by atoms with van der Waals surface area (Å²) in [5.41, 5.74) is 4.40. The molecule has 0 aliphatic heterocycles. The van der Waals surface area contributed by atoms with E-state index >= 15 is 0 Å². The minimum absolute atomic E-state index is 0.168. The van der Waals surface area contributed by atoms with Gasteiger partial charge in [0.15, 0.2) is 11.6 Å². The summed E-state index contributed by atoms with van der Waals surface area (Å²) < 4.78 is 26.9. The Labute approximate surface area is 136 Å². The van der Waals surface area contributed by atoms with Gasteiger partial charge in [0.1, 0.15) is 0 Å². The van der Waals surface area contributed by atoms with Crippen molar-refractivity contribution in [3.63, 3.8) is 0 Å². The van der Waals surface area contributed by atoms with Crippen molar-refractivity contribution in [3.8, 4) is 0 Å². The second kappa shape index (κ2) is 6.51. The molecule has 0 amide bonds. The van der Waals surface area contributed by atoms with Crippen molar-refractivity contribution in [2.45, 2.75) is 20.8 Å². The first-order valence-corrected chi connectivity index (χ1v) is 8.52. The molecule has 0 bridgehead atoms. The van der Waals surface area contributed by atoms with E-state index in [4.69, 9.17) is 0 Å². The van der Waals surface area contributed by atoms with Crippen LogP contribution in [0.5, 0.6) is 0 Å². The standard InChI is InChI=1S/C15H21N5O2S/c1-10-8-11(2)15(12(3)9-10)16-13-6-7-14(18-17-13)19-23(21,22)20(4)5/h6-9H,1-5H3,(H,16,17)(H,18,19). The van der Waals surface area contributed by atoms with Crippen molar-refractivity contribution >= 4 is 27.5 Å². The van der Waals surface area contributed by atoms with Crippen LogP contribution in [0, 0.1) is 20.8 Å². The van der Waals surface area contributed by atoms with Crippen molar-refractivity contribution in [1.82, 2.24) is 14.5 Å². The molecule has 0 saturated carbocycles. The van der Waals surface area contributed by atoms with Crippen molar-refractivity contribution in [2.75, 3.05) is 24.1 Å². The summed E-state index contributed by atoms with van der Waals surface area (Å²) in [5.74, 6) is 0.717. The Morgan fingerprint density at radius 1 is 0.957 bits per heavy atom. The molecule has 0 fully saturated rings. The zero-order valence-corrected chi connectivity index (χ0v) is 14.7. The number of benzene rings is 1. The maximum atomic E-state index is 11.7. The summed E-state index contributed by atoms with van der Waals surface area (Å²) in [5, 5.41) is 11.1. The summed E-state index contributed by atoms with van der Waals surface area (Å²) in [7, 11) is -0.703. The molecule has 23 heavy (non-hydrogen) atoms. The molecule has 8 heteroatoms. The van der Waals surface area contributed by atoms with Crippen LogP contribution in [0.3, 0.4) is 0 Å². The molecule has 2 N–H and O–H groups in total. The van der Waals surface area contributed by atoms with Crippen molar-refractivity contribution in [3.05, 3.63) is 41.0 Å². The molecule has 1 aromatic carbocycles. The van der Waals surface area contributed by atoms with Crippen LogP contribution in [0.15, 0.2) is 24.3 Å². The lowest BCUT2D eigenvalue weighted by atomic mass is 10.1. The van der Waals surface area contributed by atoms with Crippen LogP contribution in [0.25, 0.3) is 0 Å². The summed E-state index contributed by atoms with van der Waals surface area (Å²) in [6, 6.07) is 7.42. The summed E-state index contributed by atoms with van der Waals surface area (Å²) in [6.45, 7) is 6.10. The van der Waals surface area contributed by atoms with Gasteiger partial charge in [0.05, 0.1) is 0 Å². The number of nitrogens with one attached hydrogen (secondary N) is 2. The Balaban J connectivity index is 2.18. The maximum absolute atomic E-state index is 11.7. The molecule has 0 spiro atoms. The van der Waals surface area contributed by atoms with Gasteiger partial charge in [0.25, 0.3) is 0 Å². The van der Waals surface area contributed by atoms with Crippen molar-refractivity contribution in [2.24, 2.45) is 0 Å². The van der Waals surface area contributed by atoms with E-state index in [1.54, 1.807) is 12.1 Å². The van der Waals surface area contributed by atoms with Gasteiger partial charge in [-0.3, -0.25) is 4.72 Å². The SMILES string of the molecule is Cc1cc(C)c(Nc2ccc(NS(=O)(=O)N(C)C)nn2)c(C)c1. The summed E-state index contributed by atoms with van der Waals surface area (Å²) in [6.07, 6.45) is 0. The first-order valence-electron chi connectivity index (χ1n) is 7.08. The number of anilines is 3. The lowest BCUT2D eigenvalue weighted by Crippen LogP contribution is -2.29. The fourth-order valence-corrected chi connectivity index (χ4v) is 2.74. The Bertz CT molecular complexity index is 778. The predicted molar refractivity (Wildman–Crippen MR) is 92.2 cm³/mol. The average Bonchev–Trinajstić information content (AvgIpc) is 2.44. The fraction of sp³-hybridized carbons (Fsp3) is 0.333. The zero-order chi connectivity index (χ0) is 17.2. The third-order valence-corrected chi connectivity index (χ3v) is 4.74. The average molecular weight is 335 g/mol. The van der Waals surface area contributed by atoms with Crippen LogP contribution in [0.2, 0.25) is 0 Å². The third kappa shape index (κ3) is 4.17. The highest BCUT2D eigenvalue weighted by Gasteiger charge is 2.14. The number of aryl methyl sites for hydroxylation is 3. The van der Waals surface area contributed by atoms with E-state index in [-0.39, 0.29) is 5.82 Å². The minimum atomic E-state index is -3.58. The van der Waals surface area contributed by atoms with E-state index in [1.807, 2.05) is 13.8 Å². The molecule has 0 atom stereocenters. The van der Waals surface area contributed by atoms with Gasteiger partial charge in [-0.2, -0.15) is 12.7 Å². The molecule has 0 radical (unpaired) electrons. The smallest absolute Gasteiger partial charge is 0.302 e. The van der Waals surface area contributed by atoms with E-state index in [9.17, 15) is 8.42 Å². The number of hydrogen-bond acceptors (Lipinski definition) is 5. The lowest BCUT2D eigenvalue weighted by Gasteiger charge is -2.14. The molecule has 0 saturated heterocycles. The number of aromatic nitrogens is 2. The van der Waals surface area contributed by atoms with Crippen molar-refractivity contribution in [1.29, 1.82) is 0 Å². The maximum Gasteiger partial charge on any atom is 0.302 e. The van der Waals surface area contributed by atoms with Gasteiger partial charge in [0.2, 0.25) is 0 Å². The van der Waals surface area contributed by atoms with E-state index in [1.165, 1.54) is 19.7 Å². The van der Waals surface area contributed by atoms with E-state index in [0.717, 1.165) is 21.1 Å². The van der Waals surface area contributed by atoms with Gasteiger partial charge in [-0.25, -0.2) is 0 Å². The topological polar surface area (TPSA) is 87.2 Å². The van der Waals surface area contributed by atoms with Gasteiger partial charge < -0.3 is 5.32 Å². The molecular formula is C15H21N5O2S. The fourth-order valence-electron chi connectivity index (χ4n) is 2.18. The molecule has 7 nitrogen and oxygen atoms in total. The van der Waals surface area contributed by atoms with Gasteiger partial charge in [0, 0.05) is 19.8 Å². The zero-order valence-electron chi connectivity index (χ0n) is 13.9. The molecule has 124 valence electrons. The molecule has 2 rings (SSSR count). The largest absolute Gasteiger partial charge is 0.338 e. The van der Waals surface area contributed by atoms with E-state index < -0.39 is 10.2 Å². The normalized spacial score (nSPS) is 11.6. The molecule has 1 heterocycles. The molecule has 1 aromatic heterocycles. The molecule has 0 unspecified atom stereocenters.